The van der Waals surface area contributed by atoms with E-state index in [1.165, 1.54) is 0 Å². The lowest BCUT2D eigenvalue weighted by molar-refractivity contribution is 0.0454. The molecular formula is C10H13NO2S. The van der Waals surface area contributed by atoms with Crippen LogP contribution in [-0.2, 0) is 4.74 Å². The van der Waals surface area contributed by atoms with Gasteiger partial charge >= 0.3 is 0 Å². The Balaban J connectivity index is 2.13. The number of rotatable bonds is 3. The van der Waals surface area contributed by atoms with Gasteiger partial charge in [0.2, 0.25) is 0 Å². The quantitative estimate of drug-likeness (QED) is 0.825. The fraction of sp³-hybridized carbons (Fsp3) is 0.500. The monoisotopic (exact) mass is 211 g/mol. The third-order valence-electron chi connectivity index (χ3n) is 2.14. The van der Waals surface area contributed by atoms with Gasteiger partial charge in [-0.25, -0.2) is 4.98 Å². The van der Waals surface area contributed by atoms with Gasteiger partial charge in [0.25, 0.3) is 0 Å². The van der Waals surface area contributed by atoms with Crippen molar-refractivity contribution < 1.29 is 9.84 Å². The third kappa shape index (κ3) is 2.08. The van der Waals surface area contributed by atoms with Crippen molar-refractivity contribution in [3.8, 4) is 0 Å². The van der Waals surface area contributed by atoms with Crippen LogP contribution in [0.4, 0.5) is 0 Å². The molecular weight excluding hydrogens is 198 g/mol. The van der Waals surface area contributed by atoms with Crippen LogP contribution in [0.2, 0.25) is 0 Å². The van der Waals surface area contributed by atoms with Gasteiger partial charge in [-0.15, -0.1) is 0 Å². The van der Waals surface area contributed by atoms with Gasteiger partial charge < -0.3 is 9.84 Å². The number of nitrogens with zero attached hydrogens (tertiary/aromatic N) is 1. The molecule has 0 unspecified atom stereocenters. The van der Waals surface area contributed by atoms with Crippen LogP contribution >= 0.6 is 11.8 Å². The van der Waals surface area contributed by atoms with Crippen LogP contribution in [0.1, 0.15) is 18.6 Å². The molecule has 3 nitrogen and oxygen atoms in total. The van der Waals surface area contributed by atoms with E-state index in [1.807, 2.05) is 12.1 Å². The van der Waals surface area contributed by atoms with Crippen molar-refractivity contribution in [1.82, 2.24) is 4.98 Å². The number of hydrogen-bond acceptors (Lipinski definition) is 4. The second-order valence-electron chi connectivity index (χ2n) is 3.35. The Morgan fingerprint density at radius 1 is 1.64 bits per heavy atom. The molecule has 1 aromatic rings. The molecule has 2 heterocycles. The zero-order chi connectivity index (χ0) is 9.97. The summed E-state index contributed by atoms with van der Waals surface area (Å²) in [6.07, 6.45) is 1.31. The fourth-order valence-electron chi connectivity index (χ4n) is 1.26. The Morgan fingerprint density at radius 3 is 3.00 bits per heavy atom. The second kappa shape index (κ2) is 4.29. The highest BCUT2D eigenvalue weighted by Gasteiger charge is 2.22. The lowest BCUT2D eigenvalue weighted by atomic mass is 10.2. The fourth-order valence-corrected chi connectivity index (χ4v) is 2.40. The van der Waals surface area contributed by atoms with E-state index < -0.39 is 6.10 Å². The van der Waals surface area contributed by atoms with E-state index in [9.17, 15) is 5.11 Å². The lowest BCUT2D eigenvalue weighted by Gasteiger charge is -2.25. The van der Waals surface area contributed by atoms with Gasteiger partial charge in [0.1, 0.15) is 5.03 Å². The van der Waals surface area contributed by atoms with E-state index in [-0.39, 0.29) is 0 Å². The molecule has 1 fully saturated rings. The second-order valence-corrected chi connectivity index (χ2v) is 4.64. The van der Waals surface area contributed by atoms with Crippen molar-refractivity contribution in [2.75, 3.05) is 13.2 Å². The first-order valence-electron chi connectivity index (χ1n) is 4.65. The van der Waals surface area contributed by atoms with Gasteiger partial charge in [0, 0.05) is 11.8 Å². The molecule has 2 rings (SSSR count). The predicted molar refractivity (Wildman–Crippen MR) is 55.3 cm³/mol. The first kappa shape index (κ1) is 9.96. The first-order valence-corrected chi connectivity index (χ1v) is 5.52. The molecule has 1 aliphatic heterocycles. The number of thioether (sulfide) groups is 1. The first-order chi connectivity index (χ1) is 6.77. The van der Waals surface area contributed by atoms with Crippen molar-refractivity contribution in [3.63, 3.8) is 0 Å². The smallest absolute Gasteiger partial charge is 0.102 e. The van der Waals surface area contributed by atoms with Crippen molar-refractivity contribution in [3.05, 3.63) is 23.9 Å². The number of hydrogen-bond donors (Lipinski definition) is 1. The number of aliphatic hydroxyl groups is 1. The van der Waals surface area contributed by atoms with Crippen LogP contribution in [-0.4, -0.2) is 28.6 Å². The maximum absolute atomic E-state index is 9.52. The van der Waals surface area contributed by atoms with E-state index in [0.29, 0.717) is 5.25 Å². The number of ether oxygens (including phenoxy) is 1. The average molecular weight is 211 g/mol. The summed E-state index contributed by atoms with van der Waals surface area (Å²) in [6.45, 7) is 3.35. The molecule has 1 N–H and O–H groups in total. The zero-order valence-corrected chi connectivity index (χ0v) is 8.83. The van der Waals surface area contributed by atoms with E-state index >= 15 is 0 Å². The summed E-state index contributed by atoms with van der Waals surface area (Å²) in [6, 6.07) is 3.77. The molecule has 1 atom stereocenters. The van der Waals surface area contributed by atoms with Gasteiger partial charge in [-0.2, -0.15) is 0 Å². The highest BCUT2D eigenvalue weighted by atomic mass is 32.2. The van der Waals surface area contributed by atoms with Gasteiger partial charge in [-0.3, -0.25) is 0 Å². The highest BCUT2D eigenvalue weighted by Crippen LogP contribution is 2.31. The standard InChI is InChI=1S/C10H13NO2S/c1-7(12)9-3-2-4-11-10(9)14-8-5-13-6-8/h2-4,7-8,12H,5-6H2,1H3/t7-/m0/s1. The normalized spacial score (nSPS) is 19.0. The van der Waals surface area contributed by atoms with Crippen LogP contribution in [0, 0.1) is 0 Å². The zero-order valence-electron chi connectivity index (χ0n) is 8.01. The average Bonchev–Trinajstić information content (AvgIpc) is 2.12. The summed E-state index contributed by atoms with van der Waals surface area (Å²) in [5.41, 5.74) is 0.907. The molecule has 4 heteroatoms. The number of aliphatic hydroxyl groups excluding tert-OH is 1. The minimum Gasteiger partial charge on any atom is -0.389 e. The highest BCUT2D eigenvalue weighted by molar-refractivity contribution is 8.00. The van der Waals surface area contributed by atoms with Gasteiger partial charge in [-0.1, -0.05) is 17.8 Å². The Hall–Kier alpha value is -0.580. The van der Waals surface area contributed by atoms with Crippen molar-refractivity contribution in [2.45, 2.75) is 23.3 Å². The van der Waals surface area contributed by atoms with E-state index in [4.69, 9.17) is 4.74 Å². The molecule has 0 amide bonds. The maximum atomic E-state index is 9.52. The van der Waals surface area contributed by atoms with Crippen molar-refractivity contribution >= 4 is 11.8 Å². The Labute approximate surface area is 87.5 Å². The molecule has 0 saturated carbocycles. The molecule has 0 radical (unpaired) electrons. The maximum Gasteiger partial charge on any atom is 0.102 e. The van der Waals surface area contributed by atoms with Crippen LogP contribution in [0.25, 0.3) is 0 Å². The number of pyridine rings is 1. The molecule has 1 aromatic heterocycles. The largest absolute Gasteiger partial charge is 0.389 e. The van der Waals surface area contributed by atoms with Crippen LogP contribution in [0.3, 0.4) is 0 Å². The van der Waals surface area contributed by atoms with Gasteiger partial charge in [-0.05, 0) is 13.0 Å². The van der Waals surface area contributed by atoms with Crippen molar-refractivity contribution in [1.29, 1.82) is 0 Å². The molecule has 1 saturated heterocycles. The summed E-state index contributed by atoms with van der Waals surface area (Å²) in [4.78, 5) is 4.27. The summed E-state index contributed by atoms with van der Waals surface area (Å²) in [5, 5.41) is 11.0. The summed E-state index contributed by atoms with van der Waals surface area (Å²) in [5.74, 6) is 0. The van der Waals surface area contributed by atoms with Gasteiger partial charge in [0.05, 0.1) is 24.6 Å². The Morgan fingerprint density at radius 2 is 2.43 bits per heavy atom. The third-order valence-corrected chi connectivity index (χ3v) is 3.31. The number of aromatic nitrogens is 1. The molecule has 76 valence electrons. The van der Waals surface area contributed by atoms with Crippen molar-refractivity contribution in [2.24, 2.45) is 0 Å². The summed E-state index contributed by atoms with van der Waals surface area (Å²) in [7, 11) is 0. The molecule has 0 bridgehead atoms. The van der Waals surface area contributed by atoms with E-state index in [2.05, 4.69) is 4.98 Å². The molecule has 0 spiro atoms. The molecule has 0 aromatic carbocycles. The SMILES string of the molecule is C[C@H](O)c1cccnc1SC1COC1. The van der Waals surface area contributed by atoms with Crippen LogP contribution < -0.4 is 0 Å². The summed E-state index contributed by atoms with van der Waals surface area (Å²) < 4.78 is 5.10. The lowest BCUT2D eigenvalue weighted by Crippen LogP contribution is -2.30. The molecule has 14 heavy (non-hydrogen) atoms. The molecule has 0 aliphatic carbocycles. The predicted octanol–water partition coefficient (Wildman–Crippen LogP) is 1.63. The van der Waals surface area contributed by atoms with Crippen LogP contribution in [0.5, 0.6) is 0 Å². The van der Waals surface area contributed by atoms with E-state index in [0.717, 1.165) is 23.8 Å². The Kier molecular flexibility index (Phi) is 3.05. The van der Waals surface area contributed by atoms with Crippen LogP contribution in [0.15, 0.2) is 23.4 Å². The minimum absolute atomic E-state index is 0.452. The topological polar surface area (TPSA) is 42.4 Å². The minimum atomic E-state index is -0.452. The van der Waals surface area contributed by atoms with Gasteiger partial charge in [0.15, 0.2) is 0 Å². The van der Waals surface area contributed by atoms with E-state index in [1.54, 1.807) is 24.9 Å². The summed E-state index contributed by atoms with van der Waals surface area (Å²) >= 11 is 1.69. The molecule has 1 aliphatic rings. The Bertz CT molecular complexity index is 313.